The number of hydrogen-bond donors (Lipinski definition) is 0. The Labute approximate surface area is 108 Å². The summed E-state index contributed by atoms with van der Waals surface area (Å²) < 4.78 is 19.7. The largest absolute Gasteiger partial charge is 0.493 e. The lowest BCUT2D eigenvalue weighted by molar-refractivity contribution is 0.102. The van der Waals surface area contributed by atoms with Crippen LogP contribution in [0.15, 0.2) is 24.4 Å². The summed E-state index contributed by atoms with van der Waals surface area (Å²) in [6, 6.07) is 4.08. The summed E-state index contributed by atoms with van der Waals surface area (Å²) >= 11 is 5.79. The van der Waals surface area contributed by atoms with E-state index in [2.05, 4.69) is 5.10 Å². The van der Waals surface area contributed by atoms with Crippen molar-refractivity contribution in [3.63, 3.8) is 0 Å². The maximum absolute atomic E-state index is 13.3. The Morgan fingerprint density at radius 1 is 1.50 bits per heavy atom. The van der Waals surface area contributed by atoms with Crippen LogP contribution in [0.1, 0.15) is 16.1 Å². The van der Waals surface area contributed by atoms with Gasteiger partial charge in [0, 0.05) is 12.6 Å². The van der Waals surface area contributed by atoms with Crippen LogP contribution in [0.4, 0.5) is 4.39 Å². The summed E-state index contributed by atoms with van der Waals surface area (Å²) in [7, 11) is 3.03. The van der Waals surface area contributed by atoms with Crippen LogP contribution in [0.3, 0.4) is 0 Å². The van der Waals surface area contributed by atoms with E-state index in [9.17, 15) is 9.18 Å². The fourth-order valence-corrected chi connectivity index (χ4v) is 1.84. The third kappa shape index (κ3) is 1.97. The molecule has 1 heterocycles. The lowest BCUT2D eigenvalue weighted by Crippen LogP contribution is -2.10. The van der Waals surface area contributed by atoms with Crippen molar-refractivity contribution in [2.24, 2.45) is 7.05 Å². The Hall–Kier alpha value is -1.88. The molecule has 0 radical (unpaired) electrons. The van der Waals surface area contributed by atoms with Gasteiger partial charge in [-0.3, -0.25) is 9.48 Å². The predicted molar refractivity (Wildman–Crippen MR) is 64.6 cm³/mol. The molecule has 1 aromatic carbocycles. The summed E-state index contributed by atoms with van der Waals surface area (Å²) in [5.74, 6) is -0.747. The molecule has 94 valence electrons. The topological polar surface area (TPSA) is 44.1 Å². The molecular weight excluding hydrogens is 259 g/mol. The minimum atomic E-state index is -0.636. The van der Waals surface area contributed by atoms with E-state index in [0.717, 1.165) is 0 Å². The molecule has 0 aliphatic carbocycles. The van der Waals surface area contributed by atoms with E-state index in [-0.39, 0.29) is 16.3 Å². The van der Waals surface area contributed by atoms with Gasteiger partial charge in [-0.1, -0.05) is 17.7 Å². The second-order valence-electron chi connectivity index (χ2n) is 3.62. The lowest BCUT2D eigenvalue weighted by Gasteiger charge is -2.06. The molecule has 2 aromatic rings. The van der Waals surface area contributed by atoms with Gasteiger partial charge in [-0.25, -0.2) is 4.39 Å². The van der Waals surface area contributed by atoms with Crippen LogP contribution < -0.4 is 4.74 Å². The van der Waals surface area contributed by atoms with E-state index in [1.165, 1.54) is 36.2 Å². The van der Waals surface area contributed by atoms with Gasteiger partial charge in [-0.2, -0.15) is 5.10 Å². The predicted octanol–water partition coefficient (Wildman–Crippen LogP) is 2.45. The quantitative estimate of drug-likeness (QED) is 0.803. The fraction of sp³-hybridized carbons (Fsp3) is 0.167. The summed E-state index contributed by atoms with van der Waals surface area (Å²) in [4.78, 5) is 12.3. The van der Waals surface area contributed by atoms with Crippen molar-refractivity contribution >= 4 is 17.4 Å². The van der Waals surface area contributed by atoms with Crippen molar-refractivity contribution in [2.45, 2.75) is 0 Å². The molecule has 0 amide bonds. The third-order valence-corrected chi connectivity index (χ3v) is 2.92. The first-order valence-corrected chi connectivity index (χ1v) is 5.48. The number of nitrogens with zero attached hydrogens (tertiary/aromatic N) is 2. The smallest absolute Gasteiger partial charge is 0.216 e. The summed E-state index contributed by atoms with van der Waals surface area (Å²) in [6.45, 7) is 0. The first-order valence-electron chi connectivity index (χ1n) is 5.11. The van der Waals surface area contributed by atoms with Crippen LogP contribution >= 0.6 is 11.6 Å². The minimum Gasteiger partial charge on any atom is -0.493 e. The van der Waals surface area contributed by atoms with Crippen LogP contribution in [0, 0.1) is 5.82 Å². The normalized spacial score (nSPS) is 10.4. The third-order valence-electron chi connectivity index (χ3n) is 2.54. The fourth-order valence-electron chi connectivity index (χ4n) is 1.63. The number of carbonyl (C=O) groups excluding carboxylic acids is 1. The van der Waals surface area contributed by atoms with E-state index < -0.39 is 11.6 Å². The van der Waals surface area contributed by atoms with Crippen molar-refractivity contribution < 1.29 is 13.9 Å². The first kappa shape index (κ1) is 12.6. The minimum absolute atomic E-state index is 0.0820. The number of benzene rings is 1. The number of aromatic nitrogens is 2. The van der Waals surface area contributed by atoms with E-state index in [0.29, 0.717) is 5.75 Å². The van der Waals surface area contributed by atoms with E-state index in [4.69, 9.17) is 16.3 Å². The highest BCUT2D eigenvalue weighted by atomic mass is 35.5. The molecule has 0 unspecified atom stereocenters. The van der Waals surface area contributed by atoms with Gasteiger partial charge in [0.2, 0.25) is 5.78 Å². The van der Waals surface area contributed by atoms with Crippen LogP contribution in [0.25, 0.3) is 0 Å². The van der Waals surface area contributed by atoms with Crippen molar-refractivity contribution in [1.29, 1.82) is 0 Å². The average molecular weight is 269 g/mol. The van der Waals surface area contributed by atoms with Gasteiger partial charge in [-0.05, 0) is 12.1 Å². The molecule has 0 spiro atoms. The number of halogens is 2. The second-order valence-corrected chi connectivity index (χ2v) is 3.99. The molecule has 0 N–H and O–H groups in total. The molecule has 0 saturated carbocycles. The van der Waals surface area contributed by atoms with Crippen LogP contribution in [-0.4, -0.2) is 22.7 Å². The molecule has 0 fully saturated rings. The first-order chi connectivity index (χ1) is 8.56. The van der Waals surface area contributed by atoms with Crippen molar-refractivity contribution in [1.82, 2.24) is 9.78 Å². The Kier molecular flexibility index (Phi) is 3.34. The molecular formula is C12H10ClFN2O2. The maximum Gasteiger partial charge on any atom is 0.216 e. The zero-order chi connectivity index (χ0) is 13.3. The molecule has 18 heavy (non-hydrogen) atoms. The van der Waals surface area contributed by atoms with E-state index in [1.54, 1.807) is 7.05 Å². The zero-order valence-electron chi connectivity index (χ0n) is 9.78. The molecule has 6 heteroatoms. The number of methoxy groups -OCH3 is 1. The molecule has 0 bridgehead atoms. The Morgan fingerprint density at radius 2 is 2.22 bits per heavy atom. The Bertz CT molecular complexity index is 610. The summed E-state index contributed by atoms with van der Waals surface area (Å²) in [5, 5.41) is 3.72. The van der Waals surface area contributed by atoms with E-state index >= 15 is 0 Å². The van der Waals surface area contributed by atoms with Crippen molar-refractivity contribution in [2.75, 3.05) is 7.11 Å². The maximum atomic E-state index is 13.3. The van der Waals surface area contributed by atoms with Crippen molar-refractivity contribution in [3.8, 4) is 5.75 Å². The molecule has 0 saturated heterocycles. The highest BCUT2D eigenvalue weighted by Crippen LogP contribution is 2.26. The van der Waals surface area contributed by atoms with Gasteiger partial charge >= 0.3 is 0 Å². The van der Waals surface area contributed by atoms with Crippen molar-refractivity contribution in [3.05, 3.63) is 46.5 Å². The average Bonchev–Trinajstić information content (AvgIpc) is 2.73. The number of rotatable bonds is 3. The highest BCUT2D eigenvalue weighted by Gasteiger charge is 2.22. The van der Waals surface area contributed by atoms with Gasteiger partial charge < -0.3 is 4.74 Å². The summed E-state index contributed by atoms with van der Waals surface area (Å²) in [5.41, 5.74) is 0.309. The van der Waals surface area contributed by atoms with Crippen LogP contribution in [-0.2, 0) is 7.05 Å². The number of hydrogen-bond acceptors (Lipinski definition) is 3. The lowest BCUT2D eigenvalue weighted by atomic mass is 10.1. The Balaban J connectivity index is 2.55. The van der Waals surface area contributed by atoms with E-state index in [1.807, 2.05) is 0 Å². The monoisotopic (exact) mass is 268 g/mol. The molecule has 1 aromatic heterocycles. The zero-order valence-corrected chi connectivity index (χ0v) is 10.5. The number of carbonyl (C=O) groups is 1. The van der Waals surface area contributed by atoms with Gasteiger partial charge in [0.15, 0.2) is 11.4 Å². The second kappa shape index (κ2) is 4.78. The molecule has 4 nitrogen and oxygen atoms in total. The van der Waals surface area contributed by atoms with Crippen LogP contribution in [0.2, 0.25) is 5.02 Å². The highest BCUT2D eigenvalue weighted by molar-refractivity contribution is 6.35. The molecule has 0 aliphatic heterocycles. The number of ketones is 1. The molecule has 0 atom stereocenters. The van der Waals surface area contributed by atoms with Crippen LogP contribution in [0.5, 0.6) is 5.75 Å². The van der Waals surface area contributed by atoms with Gasteiger partial charge in [0.1, 0.15) is 5.82 Å². The number of aryl methyl sites for hydroxylation is 1. The molecule has 2 rings (SSSR count). The number of ether oxygens (including phenoxy) is 1. The summed E-state index contributed by atoms with van der Waals surface area (Å²) in [6.07, 6.45) is 1.42. The van der Waals surface area contributed by atoms with Gasteiger partial charge in [0.25, 0.3) is 0 Å². The van der Waals surface area contributed by atoms with Gasteiger partial charge in [-0.15, -0.1) is 0 Å². The van der Waals surface area contributed by atoms with Gasteiger partial charge in [0.05, 0.1) is 18.3 Å². The molecule has 0 aliphatic rings. The Morgan fingerprint density at radius 3 is 2.89 bits per heavy atom. The SMILES string of the molecule is COc1cnn(C)c1C(=O)c1cccc(F)c1Cl. The standard InChI is InChI=1S/C12H10ClFN2O2/c1-16-11(9(18-2)6-15-16)12(17)7-4-3-5-8(14)10(7)13/h3-6H,1-2H3.